The highest BCUT2D eigenvalue weighted by molar-refractivity contribution is 7.89. The lowest BCUT2D eigenvalue weighted by Gasteiger charge is -2.28. The van der Waals surface area contributed by atoms with Crippen LogP contribution in [0.2, 0.25) is 0 Å². The summed E-state index contributed by atoms with van der Waals surface area (Å²) in [6.07, 6.45) is 4.57. The number of benzene rings is 1. The molecular weight excluding hydrogens is 366 g/mol. The van der Waals surface area contributed by atoms with Crippen molar-refractivity contribution in [3.05, 3.63) is 51.7 Å². The molecule has 3 rings (SSSR count). The van der Waals surface area contributed by atoms with Gasteiger partial charge in [0.2, 0.25) is 10.0 Å². The third kappa shape index (κ3) is 4.03. The minimum atomic E-state index is -3.52. The zero-order valence-electron chi connectivity index (χ0n) is 15.4. The zero-order chi connectivity index (χ0) is 18.8. The van der Waals surface area contributed by atoms with Crippen LogP contribution in [0.25, 0.3) is 0 Å². The maximum atomic E-state index is 12.7. The predicted molar refractivity (Wildman–Crippen MR) is 106 cm³/mol. The smallest absolute Gasteiger partial charge is 0.240 e. The number of aliphatic hydroxyl groups excluding tert-OH is 1. The molecular formula is C20H27NO3S2. The van der Waals surface area contributed by atoms with Gasteiger partial charge in [-0.3, -0.25) is 0 Å². The maximum Gasteiger partial charge on any atom is 0.240 e. The van der Waals surface area contributed by atoms with Gasteiger partial charge in [-0.2, -0.15) is 0 Å². The Balaban J connectivity index is 1.79. The van der Waals surface area contributed by atoms with E-state index in [0.29, 0.717) is 11.4 Å². The van der Waals surface area contributed by atoms with Crippen molar-refractivity contribution in [1.82, 2.24) is 4.72 Å². The van der Waals surface area contributed by atoms with Gasteiger partial charge in [-0.25, -0.2) is 13.1 Å². The van der Waals surface area contributed by atoms with Crippen LogP contribution in [-0.4, -0.2) is 20.1 Å². The van der Waals surface area contributed by atoms with Gasteiger partial charge in [-0.05, 0) is 56.0 Å². The van der Waals surface area contributed by atoms with Crippen LogP contribution >= 0.6 is 11.3 Å². The van der Waals surface area contributed by atoms with E-state index < -0.39 is 16.1 Å². The second-order valence-corrected chi connectivity index (χ2v) is 10.1. The first-order valence-corrected chi connectivity index (χ1v) is 11.5. The SMILES string of the molecule is CCc1ccc(S(=O)(=O)NCC2(c3ccc(C(C)O)s3)CCCC2)cc1. The van der Waals surface area contributed by atoms with Crippen LogP contribution in [0, 0.1) is 0 Å². The molecule has 2 N–H and O–H groups in total. The first-order valence-electron chi connectivity index (χ1n) is 9.23. The van der Waals surface area contributed by atoms with Crippen molar-refractivity contribution in [2.75, 3.05) is 6.54 Å². The average molecular weight is 394 g/mol. The fraction of sp³-hybridized carbons (Fsp3) is 0.500. The lowest BCUT2D eigenvalue weighted by molar-refractivity contribution is 0.203. The summed E-state index contributed by atoms with van der Waals surface area (Å²) in [7, 11) is -3.52. The molecule has 2 aromatic rings. The summed E-state index contributed by atoms with van der Waals surface area (Å²) in [4.78, 5) is 2.43. The topological polar surface area (TPSA) is 66.4 Å². The van der Waals surface area contributed by atoms with E-state index in [-0.39, 0.29) is 5.41 Å². The summed E-state index contributed by atoms with van der Waals surface area (Å²) < 4.78 is 28.3. The molecule has 1 aliphatic rings. The van der Waals surface area contributed by atoms with Crippen molar-refractivity contribution in [3.8, 4) is 0 Å². The van der Waals surface area contributed by atoms with Gasteiger partial charge in [0.15, 0.2) is 0 Å². The Morgan fingerprint density at radius 1 is 1.15 bits per heavy atom. The van der Waals surface area contributed by atoms with Crippen LogP contribution < -0.4 is 4.72 Å². The van der Waals surface area contributed by atoms with Gasteiger partial charge < -0.3 is 5.11 Å². The van der Waals surface area contributed by atoms with Crippen molar-refractivity contribution in [2.45, 2.75) is 62.4 Å². The minimum Gasteiger partial charge on any atom is -0.388 e. The van der Waals surface area contributed by atoms with Crippen LogP contribution in [0.5, 0.6) is 0 Å². The molecule has 142 valence electrons. The molecule has 1 heterocycles. The van der Waals surface area contributed by atoms with E-state index in [1.165, 1.54) is 4.88 Å². The lowest BCUT2D eigenvalue weighted by Crippen LogP contribution is -2.38. The van der Waals surface area contributed by atoms with Crippen LogP contribution in [0.3, 0.4) is 0 Å². The molecule has 0 aliphatic heterocycles. The Kier molecular flexibility index (Phi) is 5.87. The Hall–Kier alpha value is -1.21. The second-order valence-electron chi connectivity index (χ2n) is 7.19. The van der Waals surface area contributed by atoms with E-state index in [0.717, 1.165) is 42.5 Å². The Bertz CT molecular complexity index is 832. The van der Waals surface area contributed by atoms with Gasteiger partial charge >= 0.3 is 0 Å². The fourth-order valence-electron chi connectivity index (χ4n) is 3.65. The van der Waals surface area contributed by atoms with E-state index in [2.05, 4.69) is 10.8 Å². The van der Waals surface area contributed by atoms with Crippen LogP contribution in [0.1, 0.15) is 61.0 Å². The third-order valence-corrected chi connectivity index (χ3v) is 8.28. The van der Waals surface area contributed by atoms with Crippen LogP contribution in [-0.2, 0) is 21.9 Å². The van der Waals surface area contributed by atoms with E-state index in [4.69, 9.17) is 0 Å². The molecule has 1 atom stereocenters. The van der Waals surface area contributed by atoms with Crippen LogP contribution in [0.15, 0.2) is 41.3 Å². The van der Waals surface area contributed by atoms with Gasteiger partial charge in [-0.1, -0.05) is 31.9 Å². The quantitative estimate of drug-likeness (QED) is 0.742. The second kappa shape index (κ2) is 7.80. The van der Waals surface area contributed by atoms with Gasteiger partial charge in [0.25, 0.3) is 0 Å². The maximum absolute atomic E-state index is 12.7. The Labute approximate surface area is 160 Å². The summed E-state index contributed by atoms with van der Waals surface area (Å²) in [5.74, 6) is 0. The average Bonchev–Trinajstić information content (AvgIpc) is 3.30. The molecule has 1 unspecified atom stereocenters. The van der Waals surface area contributed by atoms with Crippen molar-refractivity contribution < 1.29 is 13.5 Å². The molecule has 0 spiro atoms. The van der Waals surface area contributed by atoms with Crippen molar-refractivity contribution in [3.63, 3.8) is 0 Å². The van der Waals surface area contributed by atoms with Gasteiger partial charge in [0.05, 0.1) is 11.0 Å². The summed E-state index contributed by atoms with van der Waals surface area (Å²) >= 11 is 1.60. The summed E-state index contributed by atoms with van der Waals surface area (Å²) in [6, 6.07) is 11.1. The highest BCUT2D eigenvalue weighted by Gasteiger charge is 2.38. The number of thiophene rings is 1. The number of hydrogen-bond acceptors (Lipinski definition) is 4. The molecule has 1 aromatic heterocycles. The summed E-state index contributed by atoms with van der Waals surface area (Å²) in [6.45, 7) is 4.22. The van der Waals surface area contributed by atoms with Gasteiger partial charge in [0.1, 0.15) is 0 Å². The monoisotopic (exact) mass is 393 g/mol. The highest BCUT2D eigenvalue weighted by atomic mass is 32.2. The molecule has 0 saturated heterocycles. The van der Waals surface area contributed by atoms with E-state index in [9.17, 15) is 13.5 Å². The normalized spacial score (nSPS) is 18.1. The summed E-state index contributed by atoms with van der Waals surface area (Å²) in [5.41, 5.74) is 0.967. The standard InChI is InChI=1S/C20H27NO3S2/c1-3-16-6-8-17(9-7-16)26(23,24)21-14-20(12-4-5-13-20)19-11-10-18(25-19)15(2)22/h6-11,15,21-22H,3-5,12-14H2,1-2H3. The number of aryl methyl sites for hydroxylation is 1. The number of sulfonamides is 1. The lowest BCUT2D eigenvalue weighted by atomic mass is 9.85. The van der Waals surface area contributed by atoms with Crippen LogP contribution in [0.4, 0.5) is 0 Å². The first-order chi connectivity index (χ1) is 12.4. The van der Waals surface area contributed by atoms with Crippen molar-refractivity contribution in [1.29, 1.82) is 0 Å². The third-order valence-electron chi connectivity index (χ3n) is 5.36. The van der Waals surface area contributed by atoms with Gasteiger partial charge in [0, 0.05) is 21.7 Å². The number of rotatable bonds is 7. The van der Waals surface area contributed by atoms with E-state index >= 15 is 0 Å². The molecule has 0 bridgehead atoms. The minimum absolute atomic E-state index is 0.158. The predicted octanol–water partition coefficient (Wildman–Crippen LogP) is 4.15. The van der Waals surface area contributed by atoms with E-state index in [1.54, 1.807) is 30.4 Å². The molecule has 1 aliphatic carbocycles. The molecule has 0 amide bonds. The molecule has 26 heavy (non-hydrogen) atoms. The number of aliphatic hydroxyl groups is 1. The molecule has 6 heteroatoms. The molecule has 1 aromatic carbocycles. The zero-order valence-corrected chi connectivity index (χ0v) is 17.0. The Morgan fingerprint density at radius 2 is 1.81 bits per heavy atom. The molecule has 4 nitrogen and oxygen atoms in total. The highest BCUT2D eigenvalue weighted by Crippen LogP contribution is 2.44. The molecule has 1 saturated carbocycles. The Morgan fingerprint density at radius 3 is 2.35 bits per heavy atom. The summed E-state index contributed by atoms with van der Waals surface area (Å²) in [5, 5.41) is 9.81. The number of nitrogens with one attached hydrogen (secondary N) is 1. The van der Waals surface area contributed by atoms with Crippen molar-refractivity contribution >= 4 is 21.4 Å². The largest absolute Gasteiger partial charge is 0.388 e. The molecule has 0 radical (unpaired) electrons. The van der Waals surface area contributed by atoms with Gasteiger partial charge in [-0.15, -0.1) is 11.3 Å². The first kappa shape index (κ1) is 19.5. The number of hydrogen-bond donors (Lipinski definition) is 2. The molecule has 1 fully saturated rings. The van der Waals surface area contributed by atoms with Crippen molar-refractivity contribution in [2.24, 2.45) is 0 Å². The van der Waals surface area contributed by atoms with E-state index in [1.807, 2.05) is 25.1 Å². The fourth-order valence-corrected chi connectivity index (χ4v) is 5.96.